The van der Waals surface area contributed by atoms with Crippen LogP contribution in [0.15, 0.2) is 0 Å². The third kappa shape index (κ3) is 3.69. The molecule has 0 aromatic carbocycles. The molecule has 0 bridgehead atoms. The number of nitrogens with two attached hydrogens (primary N) is 1. The molecule has 0 spiro atoms. The molecule has 3 N–H and O–H groups in total. The van der Waals surface area contributed by atoms with Crippen LogP contribution in [0.3, 0.4) is 0 Å². The highest BCUT2D eigenvalue weighted by Gasteiger charge is 2.31. The summed E-state index contributed by atoms with van der Waals surface area (Å²) in [5, 5.41) is 10.9. The lowest BCUT2D eigenvalue weighted by atomic mass is 10.2. The van der Waals surface area contributed by atoms with Gasteiger partial charge in [-0.25, -0.2) is 4.79 Å². The van der Waals surface area contributed by atoms with Crippen molar-refractivity contribution in [3.63, 3.8) is 0 Å². The third-order valence-corrected chi connectivity index (χ3v) is 4.69. The van der Waals surface area contributed by atoms with Crippen LogP contribution in [-0.4, -0.2) is 44.7 Å². The van der Waals surface area contributed by atoms with Crippen LogP contribution >= 0.6 is 0 Å². The first-order valence-corrected chi connectivity index (χ1v) is 8.40. The SMILES string of the molecule is NC(=O)NC(=O)CCN1CCCC1c1nnc2n1CCCCC2. The van der Waals surface area contributed by atoms with Gasteiger partial charge in [0.1, 0.15) is 11.6 Å². The molecule has 3 rings (SSSR count). The predicted molar refractivity (Wildman–Crippen MR) is 83.5 cm³/mol. The molecule has 1 fully saturated rings. The van der Waals surface area contributed by atoms with Gasteiger partial charge >= 0.3 is 6.03 Å². The van der Waals surface area contributed by atoms with Gasteiger partial charge in [0, 0.05) is 25.9 Å². The molecule has 0 aliphatic carbocycles. The number of rotatable bonds is 4. The van der Waals surface area contributed by atoms with Gasteiger partial charge in [-0.3, -0.25) is 15.0 Å². The van der Waals surface area contributed by atoms with Crippen LogP contribution in [0.25, 0.3) is 0 Å². The molecule has 1 aromatic heterocycles. The number of nitrogens with one attached hydrogen (secondary N) is 1. The van der Waals surface area contributed by atoms with Crippen molar-refractivity contribution in [1.82, 2.24) is 25.0 Å². The molecule has 1 atom stereocenters. The summed E-state index contributed by atoms with van der Waals surface area (Å²) >= 11 is 0. The summed E-state index contributed by atoms with van der Waals surface area (Å²) in [5.74, 6) is 1.80. The van der Waals surface area contributed by atoms with Crippen LogP contribution in [0.4, 0.5) is 4.79 Å². The van der Waals surface area contributed by atoms with Crippen LogP contribution in [0.1, 0.15) is 56.2 Å². The van der Waals surface area contributed by atoms with E-state index in [-0.39, 0.29) is 18.4 Å². The van der Waals surface area contributed by atoms with Crippen molar-refractivity contribution in [2.24, 2.45) is 5.73 Å². The number of carbonyl (C=O) groups is 2. The number of hydrogen-bond donors (Lipinski definition) is 2. The summed E-state index contributed by atoms with van der Waals surface area (Å²) in [4.78, 5) is 24.6. The first-order valence-electron chi connectivity index (χ1n) is 8.40. The van der Waals surface area contributed by atoms with E-state index < -0.39 is 6.03 Å². The molecule has 3 heterocycles. The van der Waals surface area contributed by atoms with E-state index in [4.69, 9.17) is 5.73 Å². The molecule has 23 heavy (non-hydrogen) atoms. The molecule has 2 aliphatic heterocycles. The normalized spacial score (nSPS) is 21.7. The molecule has 3 amide bonds. The molecule has 2 aliphatic rings. The number of urea groups is 1. The minimum Gasteiger partial charge on any atom is -0.351 e. The summed E-state index contributed by atoms with van der Waals surface area (Å²) in [7, 11) is 0. The Balaban J connectivity index is 1.66. The van der Waals surface area contributed by atoms with E-state index in [1.807, 2.05) is 0 Å². The second kappa shape index (κ2) is 7.08. The summed E-state index contributed by atoms with van der Waals surface area (Å²) in [6.45, 7) is 2.53. The van der Waals surface area contributed by atoms with Gasteiger partial charge in [0.25, 0.3) is 0 Å². The molecule has 0 saturated carbocycles. The Morgan fingerprint density at radius 3 is 2.87 bits per heavy atom. The smallest absolute Gasteiger partial charge is 0.318 e. The number of carbonyl (C=O) groups excluding carboxylic acids is 2. The van der Waals surface area contributed by atoms with Gasteiger partial charge < -0.3 is 10.3 Å². The van der Waals surface area contributed by atoms with E-state index in [9.17, 15) is 9.59 Å². The van der Waals surface area contributed by atoms with Crippen LogP contribution in [-0.2, 0) is 17.8 Å². The van der Waals surface area contributed by atoms with E-state index in [2.05, 4.69) is 25.0 Å². The van der Waals surface area contributed by atoms with Crippen molar-refractivity contribution in [3.8, 4) is 0 Å². The van der Waals surface area contributed by atoms with Gasteiger partial charge in [-0.2, -0.15) is 0 Å². The van der Waals surface area contributed by atoms with E-state index in [0.29, 0.717) is 6.54 Å². The zero-order valence-corrected chi connectivity index (χ0v) is 13.3. The van der Waals surface area contributed by atoms with Crippen molar-refractivity contribution in [2.75, 3.05) is 13.1 Å². The number of imide groups is 1. The van der Waals surface area contributed by atoms with Crippen LogP contribution in [0, 0.1) is 0 Å². The first-order chi connectivity index (χ1) is 11.1. The zero-order valence-electron chi connectivity index (χ0n) is 13.3. The average molecular weight is 320 g/mol. The predicted octanol–water partition coefficient (Wildman–Crippen LogP) is 0.726. The van der Waals surface area contributed by atoms with E-state index in [1.165, 1.54) is 19.3 Å². The lowest BCUT2D eigenvalue weighted by Crippen LogP contribution is -2.37. The maximum atomic E-state index is 11.6. The third-order valence-electron chi connectivity index (χ3n) is 4.69. The number of aromatic nitrogens is 3. The second-order valence-corrected chi connectivity index (χ2v) is 6.29. The zero-order chi connectivity index (χ0) is 16.2. The maximum absolute atomic E-state index is 11.6. The Kier molecular flexibility index (Phi) is 4.90. The first kappa shape index (κ1) is 15.9. The van der Waals surface area contributed by atoms with Crippen molar-refractivity contribution >= 4 is 11.9 Å². The largest absolute Gasteiger partial charge is 0.351 e. The van der Waals surface area contributed by atoms with Crippen LogP contribution < -0.4 is 11.1 Å². The highest BCUT2D eigenvalue weighted by molar-refractivity contribution is 5.93. The van der Waals surface area contributed by atoms with E-state index in [0.717, 1.165) is 44.0 Å². The molecule has 0 radical (unpaired) electrons. The molecule has 8 nitrogen and oxygen atoms in total. The fourth-order valence-electron chi connectivity index (χ4n) is 3.59. The Morgan fingerprint density at radius 2 is 2.04 bits per heavy atom. The number of primary amides is 1. The number of aryl methyl sites for hydroxylation is 1. The minimum absolute atomic E-state index is 0.218. The van der Waals surface area contributed by atoms with Gasteiger partial charge in [0.15, 0.2) is 0 Å². The lowest BCUT2D eigenvalue weighted by Gasteiger charge is -2.24. The summed E-state index contributed by atoms with van der Waals surface area (Å²) in [6.07, 6.45) is 6.98. The topological polar surface area (TPSA) is 106 Å². The lowest BCUT2D eigenvalue weighted by molar-refractivity contribution is -0.120. The Bertz CT molecular complexity index is 585. The van der Waals surface area contributed by atoms with Crippen molar-refractivity contribution in [1.29, 1.82) is 0 Å². The fourth-order valence-corrected chi connectivity index (χ4v) is 3.59. The second-order valence-electron chi connectivity index (χ2n) is 6.29. The van der Waals surface area contributed by atoms with Gasteiger partial charge in [-0.15, -0.1) is 10.2 Å². The molecule has 8 heteroatoms. The fraction of sp³-hybridized carbons (Fsp3) is 0.733. The van der Waals surface area contributed by atoms with Gasteiger partial charge in [-0.1, -0.05) is 6.42 Å². The minimum atomic E-state index is -0.796. The van der Waals surface area contributed by atoms with Gasteiger partial charge in [0.2, 0.25) is 5.91 Å². The molecule has 1 saturated heterocycles. The number of likely N-dealkylation sites (tertiary alicyclic amines) is 1. The number of hydrogen-bond acceptors (Lipinski definition) is 5. The Hall–Kier alpha value is -1.96. The molecular weight excluding hydrogens is 296 g/mol. The quantitative estimate of drug-likeness (QED) is 0.850. The van der Waals surface area contributed by atoms with Crippen molar-refractivity contribution in [3.05, 3.63) is 11.6 Å². The maximum Gasteiger partial charge on any atom is 0.318 e. The standard InChI is InChI=1S/C15H24N6O2/c16-15(23)17-13(22)7-10-20-8-4-5-11(20)14-19-18-12-6-2-1-3-9-21(12)14/h11H,1-10H2,(H3,16,17,22,23). The van der Waals surface area contributed by atoms with Crippen molar-refractivity contribution < 1.29 is 9.59 Å². The number of nitrogens with zero attached hydrogens (tertiary/aromatic N) is 4. The Morgan fingerprint density at radius 1 is 1.17 bits per heavy atom. The van der Waals surface area contributed by atoms with Crippen molar-refractivity contribution in [2.45, 2.75) is 57.5 Å². The molecule has 126 valence electrons. The van der Waals surface area contributed by atoms with Gasteiger partial charge in [0.05, 0.1) is 6.04 Å². The van der Waals surface area contributed by atoms with Crippen LogP contribution in [0.2, 0.25) is 0 Å². The monoisotopic (exact) mass is 320 g/mol. The number of amides is 3. The van der Waals surface area contributed by atoms with E-state index in [1.54, 1.807) is 0 Å². The molecular formula is C15H24N6O2. The Labute approximate surface area is 135 Å². The number of fused-ring (bicyclic) bond motifs is 1. The highest BCUT2D eigenvalue weighted by Crippen LogP contribution is 2.32. The summed E-state index contributed by atoms with van der Waals surface area (Å²) in [5.41, 5.74) is 4.97. The molecule has 1 aromatic rings. The van der Waals surface area contributed by atoms with Gasteiger partial charge in [-0.05, 0) is 32.2 Å². The average Bonchev–Trinajstić information content (AvgIpc) is 3.05. The van der Waals surface area contributed by atoms with Crippen LogP contribution in [0.5, 0.6) is 0 Å². The molecule has 1 unspecified atom stereocenters. The summed E-state index contributed by atoms with van der Waals surface area (Å²) < 4.78 is 2.28. The summed E-state index contributed by atoms with van der Waals surface area (Å²) in [6, 6.07) is -0.577. The highest BCUT2D eigenvalue weighted by atomic mass is 16.2. The van der Waals surface area contributed by atoms with E-state index >= 15 is 0 Å².